The van der Waals surface area contributed by atoms with Crippen LogP contribution in [0.15, 0.2) is 55.1 Å². The smallest absolute Gasteiger partial charge is 0.166 e. The van der Waals surface area contributed by atoms with E-state index in [1.54, 1.807) is 12.2 Å². The fraction of sp³-hybridized carbons (Fsp3) is 0.143. The summed E-state index contributed by atoms with van der Waals surface area (Å²) < 4.78 is 37.0. The van der Waals surface area contributed by atoms with E-state index in [4.69, 9.17) is 0 Å². The molecule has 90 valence electrons. The van der Waals surface area contributed by atoms with Crippen molar-refractivity contribution < 1.29 is 13.2 Å². The molecule has 0 saturated heterocycles. The highest BCUT2D eigenvalue weighted by Gasteiger charge is 2.29. The lowest BCUT2D eigenvalue weighted by atomic mass is 10.0. The Balaban J connectivity index is 2.88. The SMILES string of the molecule is C=C(C)/C=C\C(=C)c1ccc(C(F)(F)F)cc1. The van der Waals surface area contributed by atoms with Gasteiger partial charge in [-0.2, -0.15) is 13.2 Å². The highest BCUT2D eigenvalue weighted by Crippen LogP contribution is 2.30. The number of hydrogen-bond donors (Lipinski definition) is 0. The third-order valence-corrected chi connectivity index (χ3v) is 2.15. The number of halogens is 3. The standard InChI is InChI=1S/C14H13F3/c1-10(2)4-5-11(3)12-6-8-13(9-7-12)14(15,16)17/h4-9H,1,3H2,2H3/b5-4-. The van der Waals surface area contributed by atoms with Crippen LogP contribution in [0.5, 0.6) is 0 Å². The second kappa shape index (κ2) is 5.04. The molecule has 1 aromatic carbocycles. The maximum atomic E-state index is 12.3. The van der Waals surface area contributed by atoms with Crippen LogP contribution >= 0.6 is 0 Å². The van der Waals surface area contributed by atoms with Gasteiger partial charge in [-0.3, -0.25) is 0 Å². The van der Waals surface area contributed by atoms with Crippen LogP contribution in [0.2, 0.25) is 0 Å². The Kier molecular flexibility index (Phi) is 3.94. The van der Waals surface area contributed by atoms with Crippen molar-refractivity contribution in [1.29, 1.82) is 0 Å². The molecule has 17 heavy (non-hydrogen) atoms. The Morgan fingerprint density at radius 1 is 1.06 bits per heavy atom. The molecule has 1 rings (SSSR count). The van der Waals surface area contributed by atoms with Gasteiger partial charge in [0.05, 0.1) is 5.56 Å². The Hall–Kier alpha value is -1.77. The summed E-state index contributed by atoms with van der Waals surface area (Å²) in [5.41, 5.74) is 1.52. The van der Waals surface area contributed by atoms with E-state index in [9.17, 15) is 13.2 Å². The molecule has 0 aliphatic heterocycles. The number of hydrogen-bond acceptors (Lipinski definition) is 0. The molecular formula is C14H13F3. The van der Waals surface area contributed by atoms with E-state index in [1.807, 2.05) is 6.92 Å². The Morgan fingerprint density at radius 2 is 1.59 bits per heavy atom. The summed E-state index contributed by atoms with van der Waals surface area (Å²) in [4.78, 5) is 0. The van der Waals surface area contributed by atoms with Gasteiger partial charge >= 0.3 is 6.18 Å². The van der Waals surface area contributed by atoms with Crippen molar-refractivity contribution in [2.75, 3.05) is 0 Å². The third-order valence-electron chi connectivity index (χ3n) is 2.15. The van der Waals surface area contributed by atoms with E-state index < -0.39 is 11.7 Å². The highest BCUT2D eigenvalue weighted by atomic mass is 19.4. The Bertz CT molecular complexity index is 447. The molecule has 0 aliphatic rings. The van der Waals surface area contributed by atoms with Crippen LogP contribution in [0.4, 0.5) is 13.2 Å². The Labute approximate surface area is 98.8 Å². The van der Waals surface area contributed by atoms with Gasteiger partial charge in [-0.25, -0.2) is 0 Å². The fourth-order valence-electron chi connectivity index (χ4n) is 1.21. The van der Waals surface area contributed by atoms with E-state index in [-0.39, 0.29) is 0 Å². The molecule has 0 heterocycles. The van der Waals surface area contributed by atoms with E-state index in [2.05, 4.69) is 13.2 Å². The first-order valence-electron chi connectivity index (χ1n) is 5.01. The van der Waals surface area contributed by atoms with Gasteiger partial charge in [0, 0.05) is 0 Å². The summed E-state index contributed by atoms with van der Waals surface area (Å²) >= 11 is 0. The molecule has 0 fully saturated rings. The van der Waals surface area contributed by atoms with Crippen molar-refractivity contribution >= 4 is 5.57 Å². The third kappa shape index (κ3) is 3.94. The Morgan fingerprint density at radius 3 is 2.00 bits per heavy atom. The van der Waals surface area contributed by atoms with Crippen LogP contribution in [0, 0.1) is 0 Å². The van der Waals surface area contributed by atoms with Crippen LogP contribution in [0.3, 0.4) is 0 Å². The van der Waals surface area contributed by atoms with Gasteiger partial charge in [-0.1, -0.05) is 43.0 Å². The van der Waals surface area contributed by atoms with Crippen molar-refractivity contribution in [1.82, 2.24) is 0 Å². The predicted molar refractivity (Wildman–Crippen MR) is 64.4 cm³/mol. The summed E-state index contributed by atoms with van der Waals surface area (Å²) in [6.45, 7) is 9.30. The van der Waals surface area contributed by atoms with Crippen LogP contribution in [-0.2, 0) is 6.18 Å². The molecule has 1 aromatic rings. The molecule has 0 aliphatic carbocycles. The van der Waals surface area contributed by atoms with E-state index in [1.165, 1.54) is 12.1 Å². The first kappa shape index (κ1) is 13.3. The number of alkyl halides is 3. The monoisotopic (exact) mass is 238 g/mol. The first-order valence-corrected chi connectivity index (χ1v) is 5.01. The van der Waals surface area contributed by atoms with Gasteiger partial charge < -0.3 is 0 Å². The second-order valence-corrected chi connectivity index (χ2v) is 3.78. The van der Waals surface area contributed by atoms with Gasteiger partial charge in [0.25, 0.3) is 0 Å². The lowest BCUT2D eigenvalue weighted by Crippen LogP contribution is -2.04. The maximum absolute atomic E-state index is 12.3. The van der Waals surface area contributed by atoms with Crippen molar-refractivity contribution in [3.63, 3.8) is 0 Å². The quantitative estimate of drug-likeness (QED) is 0.660. The lowest BCUT2D eigenvalue weighted by molar-refractivity contribution is -0.137. The second-order valence-electron chi connectivity index (χ2n) is 3.78. The summed E-state index contributed by atoms with van der Waals surface area (Å²) in [5.74, 6) is 0. The minimum Gasteiger partial charge on any atom is -0.166 e. The van der Waals surface area contributed by atoms with Crippen LogP contribution in [-0.4, -0.2) is 0 Å². The molecule has 0 radical (unpaired) electrons. The summed E-state index contributed by atoms with van der Waals surface area (Å²) in [6, 6.07) is 4.92. The molecule has 0 spiro atoms. The molecule has 0 saturated carbocycles. The molecule has 0 unspecified atom stereocenters. The highest BCUT2D eigenvalue weighted by molar-refractivity contribution is 5.72. The molecule has 0 N–H and O–H groups in total. The minimum atomic E-state index is -4.30. The average Bonchev–Trinajstić information content (AvgIpc) is 2.25. The first-order chi connectivity index (χ1) is 7.80. The van der Waals surface area contributed by atoms with Gasteiger partial charge in [0.15, 0.2) is 0 Å². The zero-order valence-electron chi connectivity index (χ0n) is 9.51. The molecule has 0 bridgehead atoms. The minimum absolute atomic E-state index is 0.654. The molecule has 0 nitrogen and oxygen atoms in total. The zero-order valence-corrected chi connectivity index (χ0v) is 9.51. The molecule has 3 heteroatoms. The summed E-state index contributed by atoms with van der Waals surface area (Å²) in [5, 5.41) is 0. The molecular weight excluding hydrogens is 225 g/mol. The fourth-order valence-corrected chi connectivity index (χ4v) is 1.21. The average molecular weight is 238 g/mol. The molecule has 0 amide bonds. The van der Waals surface area contributed by atoms with Crippen molar-refractivity contribution in [3.05, 3.63) is 66.3 Å². The van der Waals surface area contributed by atoms with E-state index in [0.717, 1.165) is 17.7 Å². The topological polar surface area (TPSA) is 0 Å². The number of benzene rings is 1. The van der Waals surface area contributed by atoms with Crippen molar-refractivity contribution in [2.24, 2.45) is 0 Å². The van der Waals surface area contributed by atoms with E-state index >= 15 is 0 Å². The number of allylic oxidation sites excluding steroid dienone is 4. The lowest BCUT2D eigenvalue weighted by Gasteiger charge is -2.07. The normalized spacial score (nSPS) is 11.8. The van der Waals surface area contributed by atoms with Crippen LogP contribution < -0.4 is 0 Å². The zero-order chi connectivity index (χ0) is 13.1. The van der Waals surface area contributed by atoms with Crippen LogP contribution in [0.25, 0.3) is 5.57 Å². The summed E-state index contributed by atoms with van der Waals surface area (Å²) in [6.07, 6.45) is -0.807. The largest absolute Gasteiger partial charge is 0.416 e. The van der Waals surface area contributed by atoms with Crippen molar-refractivity contribution in [3.8, 4) is 0 Å². The summed E-state index contributed by atoms with van der Waals surface area (Å²) in [7, 11) is 0. The number of rotatable bonds is 3. The van der Waals surface area contributed by atoms with Gasteiger partial charge in [0.2, 0.25) is 0 Å². The molecule has 0 atom stereocenters. The maximum Gasteiger partial charge on any atom is 0.416 e. The van der Waals surface area contributed by atoms with Gasteiger partial charge in [-0.05, 0) is 30.2 Å². The van der Waals surface area contributed by atoms with E-state index in [0.29, 0.717) is 11.1 Å². The van der Waals surface area contributed by atoms with Crippen LogP contribution in [0.1, 0.15) is 18.1 Å². The predicted octanol–water partition coefficient (Wildman–Crippen LogP) is 4.85. The molecule has 0 aromatic heterocycles. The van der Waals surface area contributed by atoms with Gasteiger partial charge in [-0.15, -0.1) is 0 Å². The van der Waals surface area contributed by atoms with Crippen molar-refractivity contribution in [2.45, 2.75) is 13.1 Å². The van der Waals surface area contributed by atoms with Gasteiger partial charge in [0.1, 0.15) is 0 Å².